The van der Waals surface area contributed by atoms with Crippen LogP contribution < -0.4 is 0 Å². The summed E-state index contributed by atoms with van der Waals surface area (Å²) in [5, 5.41) is 0. The minimum Gasteiger partial charge on any atom is -0.306 e. The molecule has 0 N–H and O–H groups in total. The molecule has 3 aromatic rings. The topological polar surface area (TPSA) is 17.3 Å². The summed E-state index contributed by atoms with van der Waals surface area (Å²) >= 11 is 0. The number of pyridine rings is 1. The largest absolute Gasteiger partial charge is 0.306 e. The molecule has 2 heterocycles. The predicted molar refractivity (Wildman–Crippen MR) is 74.7 cm³/mol. The van der Waals surface area contributed by atoms with E-state index in [1.165, 1.54) is 16.7 Å². The molecule has 0 saturated carbocycles. The normalized spacial score (nSPS) is 11.0. The summed E-state index contributed by atoms with van der Waals surface area (Å²) in [6.45, 7) is 4.26. The molecule has 0 atom stereocenters. The highest BCUT2D eigenvalue weighted by Gasteiger charge is 2.04. The van der Waals surface area contributed by atoms with Gasteiger partial charge in [-0.2, -0.15) is 0 Å². The van der Waals surface area contributed by atoms with Crippen molar-refractivity contribution in [3.05, 3.63) is 59.9 Å². The second kappa shape index (κ2) is 4.30. The zero-order valence-corrected chi connectivity index (χ0v) is 10.7. The van der Waals surface area contributed by atoms with Gasteiger partial charge in [-0.3, -0.25) is 0 Å². The Morgan fingerprint density at radius 3 is 2.61 bits per heavy atom. The highest BCUT2D eigenvalue weighted by Crippen LogP contribution is 2.20. The van der Waals surface area contributed by atoms with Gasteiger partial charge in [-0.15, -0.1) is 0 Å². The van der Waals surface area contributed by atoms with Crippen molar-refractivity contribution in [2.24, 2.45) is 0 Å². The molecule has 0 fully saturated rings. The lowest BCUT2D eigenvalue weighted by Gasteiger charge is -1.98. The molecule has 0 aliphatic rings. The van der Waals surface area contributed by atoms with E-state index in [9.17, 15) is 0 Å². The summed E-state index contributed by atoms with van der Waals surface area (Å²) in [4.78, 5) is 4.66. The third kappa shape index (κ3) is 1.90. The zero-order chi connectivity index (χ0) is 12.5. The molecule has 0 saturated heterocycles. The number of nitrogens with zero attached hydrogens (tertiary/aromatic N) is 2. The summed E-state index contributed by atoms with van der Waals surface area (Å²) < 4.78 is 2.07. The van der Waals surface area contributed by atoms with Crippen LogP contribution >= 0.6 is 0 Å². The molecule has 0 aliphatic carbocycles. The van der Waals surface area contributed by atoms with Crippen LogP contribution in [-0.4, -0.2) is 9.38 Å². The van der Waals surface area contributed by atoms with Crippen LogP contribution in [0.4, 0.5) is 0 Å². The van der Waals surface area contributed by atoms with E-state index in [0.29, 0.717) is 0 Å². The number of hydrogen-bond donors (Lipinski definition) is 0. The quantitative estimate of drug-likeness (QED) is 0.660. The molecular weight excluding hydrogens is 220 g/mol. The van der Waals surface area contributed by atoms with Crippen LogP contribution in [0.2, 0.25) is 0 Å². The maximum atomic E-state index is 4.66. The van der Waals surface area contributed by atoms with Crippen LogP contribution in [-0.2, 0) is 6.42 Å². The third-order valence-electron chi connectivity index (χ3n) is 3.27. The van der Waals surface area contributed by atoms with Crippen molar-refractivity contribution >= 4 is 5.65 Å². The summed E-state index contributed by atoms with van der Waals surface area (Å²) in [5.41, 5.74) is 5.81. The van der Waals surface area contributed by atoms with Crippen molar-refractivity contribution in [3.63, 3.8) is 0 Å². The van der Waals surface area contributed by atoms with E-state index in [1.54, 1.807) is 0 Å². The lowest BCUT2D eigenvalue weighted by molar-refractivity contribution is 1.14. The van der Waals surface area contributed by atoms with Crippen LogP contribution in [0, 0.1) is 6.92 Å². The first kappa shape index (κ1) is 11.0. The fraction of sp³-hybridized carbons (Fsp3) is 0.188. The zero-order valence-electron chi connectivity index (χ0n) is 10.7. The number of hydrogen-bond acceptors (Lipinski definition) is 1. The molecule has 2 aromatic heterocycles. The monoisotopic (exact) mass is 236 g/mol. The maximum Gasteiger partial charge on any atom is 0.137 e. The van der Waals surface area contributed by atoms with Crippen molar-refractivity contribution < 1.29 is 0 Å². The molecule has 0 unspecified atom stereocenters. The summed E-state index contributed by atoms with van der Waals surface area (Å²) in [7, 11) is 0. The smallest absolute Gasteiger partial charge is 0.137 e. The molecule has 3 rings (SSSR count). The average molecular weight is 236 g/mol. The van der Waals surface area contributed by atoms with Crippen molar-refractivity contribution in [2.45, 2.75) is 20.3 Å². The first-order chi connectivity index (χ1) is 8.76. The second-order valence-electron chi connectivity index (χ2n) is 4.65. The van der Waals surface area contributed by atoms with Crippen LogP contribution in [0.1, 0.15) is 18.1 Å². The van der Waals surface area contributed by atoms with Crippen molar-refractivity contribution in [3.8, 4) is 11.3 Å². The first-order valence-electron chi connectivity index (χ1n) is 6.31. The van der Waals surface area contributed by atoms with E-state index in [-0.39, 0.29) is 0 Å². The van der Waals surface area contributed by atoms with E-state index in [0.717, 1.165) is 17.8 Å². The number of aromatic nitrogens is 2. The molecule has 0 spiro atoms. The Balaban J connectivity index is 2.07. The molecule has 90 valence electrons. The Hall–Kier alpha value is -2.09. The number of benzene rings is 1. The van der Waals surface area contributed by atoms with Gasteiger partial charge in [0, 0.05) is 18.0 Å². The Morgan fingerprint density at radius 1 is 1.11 bits per heavy atom. The third-order valence-corrected chi connectivity index (χ3v) is 3.27. The van der Waals surface area contributed by atoms with Gasteiger partial charge in [-0.05, 0) is 36.6 Å². The van der Waals surface area contributed by atoms with Gasteiger partial charge < -0.3 is 4.40 Å². The Kier molecular flexibility index (Phi) is 2.63. The standard InChI is InChI=1S/C16H16N2/c1-3-13-4-6-14(7-5-13)15-11-18-9-8-12(2)10-16(18)17-15/h4-11H,3H2,1-2H3. The van der Waals surface area contributed by atoms with Gasteiger partial charge in [0.05, 0.1) is 5.69 Å². The molecule has 0 bridgehead atoms. The van der Waals surface area contributed by atoms with E-state index in [1.807, 2.05) is 0 Å². The van der Waals surface area contributed by atoms with E-state index >= 15 is 0 Å². The summed E-state index contributed by atoms with van der Waals surface area (Å²) in [6.07, 6.45) is 5.21. The molecule has 1 aromatic carbocycles. The SMILES string of the molecule is CCc1ccc(-c2cn3ccc(C)cc3n2)cc1. The Bertz CT molecular complexity index is 678. The fourth-order valence-corrected chi connectivity index (χ4v) is 2.13. The maximum absolute atomic E-state index is 4.66. The van der Waals surface area contributed by atoms with Crippen LogP contribution in [0.25, 0.3) is 16.9 Å². The van der Waals surface area contributed by atoms with Crippen LogP contribution in [0.5, 0.6) is 0 Å². The van der Waals surface area contributed by atoms with Crippen LogP contribution in [0.3, 0.4) is 0 Å². The number of fused-ring (bicyclic) bond motifs is 1. The van der Waals surface area contributed by atoms with Crippen molar-refractivity contribution in [2.75, 3.05) is 0 Å². The summed E-state index contributed by atoms with van der Waals surface area (Å²) in [5.74, 6) is 0. The van der Waals surface area contributed by atoms with Gasteiger partial charge in [0.15, 0.2) is 0 Å². The molecule has 2 heteroatoms. The average Bonchev–Trinajstić information content (AvgIpc) is 2.81. The van der Waals surface area contributed by atoms with Crippen LogP contribution in [0.15, 0.2) is 48.8 Å². The summed E-state index contributed by atoms with van der Waals surface area (Å²) in [6, 6.07) is 12.8. The molecule has 0 radical (unpaired) electrons. The van der Waals surface area contributed by atoms with Crippen molar-refractivity contribution in [1.29, 1.82) is 0 Å². The van der Waals surface area contributed by atoms with E-state index in [2.05, 4.69) is 72.0 Å². The van der Waals surface area contributed by atoms with Gasteiger partial charge in [-0.25, -0.2) is 4.98 Å². The molecule has 18 heavy (non-hydrogen) atoms. The molecule has 0 amide bonds. The van der Waals surface area contributed by atoms with Gasteiger partial charge in [0.2, 0.25) is 0 Å². The highest BCUT2D eigenvalue weighted by molar-refractivity contribution is 5.63. The van der Waals surface area contributed by atoms with Gasteiger partial charge >= 0.3 is 0 Å². The minimum atomic E-state index is 1.00. The molecular formula is C16H16N2. The lowest BCUT2D eigenvalue weighted by Crippen LogP contribution is -1.81. The molecule has 0 aliphatic heterocycles. The highest BCUT2D eigenvalue weighted by atomic mass is 15.0. The first-order valence-corrected chi connectivity index (χ1v) is 6.31. The van der Waals surface area contributed by atoms with Gasteiger partial charge in [0.25, 0.3) is 0 Å². The van der Waals surface area contributed by atoms with E-state index in [4.69, 9.17) is 0 Å². The minimum absolute atomic E-state index is 1.00. The number of aryl methyl sites for hydroxylation is 2. The second-order valence-corrected chi connectivity index (χ2v) is 4.65. The predicted octanol–water partition coefficient (Wildman–Crippen LogP) is 3.87. The Morgan fingerprint density at radius 2 is 1.89 bits per heavy atom. The number of rotatable bonds is 2. The van der Waals surface area contributed by atoms with E-state index < -0.39 is 0 Å². The van der Waals surface area contributed by atoms with Gasteiger partial charge in [-0.1, -0.05) is 31.2 Å². The van der Waals surface area contributed by atoms with Crippen molar-refractivity contribution in [1.82, 2.24) is 9.38 Å². The Labute approximate surface area is 107 Å². The van der Waals surface area contributed by atoms with Gasteiger partial charge in [0.1, 0.15) is 5.65 Å². The molecule has 2 nitrogen and oxygen atoms in total. The fourth-order valence-electron chi connectivity index (χ4n) is 2.13. The lowest BCUT2D eigenvalue weighted by atomic mass is 10.1. The number of imidazole rings is 1.